The molecular formula is C10H19NO. The molecule has 2 aliphatic rings. The minimum Gasteiger partial charge on any atom is -0.381 e. The summed E-state index contributed by atoms with van der Waals surface area (Å²) in [5.74, 6) is 0.858. The maximum Gasteiger partial charge on any atom is 0.0538 e. The van der Waals surface area contributed by atoms with Gasteiger partial charge in [-0.2, -0.15) is 0 Å². The second kappa shape index (κ2) is 3.00. The predicted molar refractivity (Wildman–Crippen MR) is 49.1 cm³/mol. The van der Waals surface area contributed by atoms with Crippen molar-refractivity contribution >= 4 is 0 Å². The minimum absolute atomic E-state index is 0.507. The molecule has 0 bridgehead atoms. The number of ether oxygens (including phenoxy) is 1. The van der Waals surface area contributed by atoms with Gasteiger partial charge in [0, 0.05) is 18.6 Å². The summed E-state index contributed by atoms with van der Waals surface area (Å²) >= 11 is 0. The second-order valence-electron chi connectivity index (χ2n) is 4.59. The van der Waals surface area contributed by atoms with Crippen molar-refractivity contribution in [3.05, 3.63) is 0 Å². The van der Waals surface area contributed by atoms with E-state index >= 15 is 0 Å². The van der Waals surface area contributed by atoms with Crippen LogP contribution in [0.25, 0.3) is 0 Å². The first-order valence-corrected chi connectivity index (χ1v) is 4.99. The second-order valence-corrected chi connectivity index (χ2v) is 4.59. The highest BCUT2D eigenvalue weighted by atomic mass is 16.5. The van der Waals surface area contributed by atoms with Crippen LogP contribution in [0.15, 0.2) is 0 Å². The average Bonchev–Trinajstić information content (AvgIpc) is 2.48. The van der Waals surface area contributed by atoms with Crippen molar-refractivity contribution in [2.24, 2.45) is 11.3 Å². The molecule has 2 atom stereocenters. The molecule has 2 rings (SSSR count). The Balaban J connectivity index is 2.09. The summed E-state index contributed by atoms with van der Waals surface area (Å²) in [6.07, 6.45) is 2.62. The fraction of sp³-hybridized carbons (Fsp3) is 1.00. The summed E-state index contributed by atoms with van der Waals surface area (Å²) in [6.45, 7) is 6.88. The van der Waals surface area contributed by atoms with Crippen molar-refractivity contribution in [2.45, 2.75) is 19.8 Å². The molecule has 0 unspecified atom stereocenters. The highest BCUT2D eigenvalue weighted by Crippen LogP contribution is 2.41. The quantitative estimate of drug-likeness (QED) is 0.543. The van der Waals surface area contributed by atoms with E-state index in [0.717, 1.165) is 19.1 Å². The smallest absolute Gasteiger partial charge is 0.0538 e. The van der Waals surface area contributed by atoms with Crippen LogP contribution in [0.5, 0.6) is 0 Å². The maximum atomic E-state index is 5.53. The first kappa shape index (κ1) is 8.52. The van der Waals surface area contributed by atoms with Crippen molar-refractivity contribution in [3.8, 4) is 0 Å². The Hall–Kier alpha value is -0.0800. The Morgan fingerprint density at radius 1 is 1.50 bits per heavy atom. The molecule has 1 spiro atoms. The molecule has 0 amide bonds. The van der Waals surface area contributed by atoms with E-state index in [1.54, 1.807) is 0 Å². The van der Waals surface area contributed by atoms with Gasteiger partial charge in [-0.05, 0) is 32.4 Å². The fourth-order valence-electron chi connectivity index (χ4n) is 2.63. The van der Waals surface area contributed by atoms with E-state index in [1.165, 1.54) is 25.9 Å². The molecule has 0 N–H and O–H groups in total. The number of hydrogen-bond donors (Lipinski definition) is 0. The number of hydrogen-bond acceptors (Lipinski definition) is 2. The van der Waals surface area contributed by atoms with Crippen LogP contribution in [0.1, 0.15) is 19.8 Å². The number of piperidine rings is 1. The zero-order valence-corrected chi connectivity index (χ0v) is 8.18. The molecule has 0 aromatic carbocycles. The van der Waals surface area contributed by atoms with E-state index in [0.29, 0.717) is 5.41 Å². The van der Waals surface area contributed by atoms with Gasteiger partial charge in [-0.1, -0.05) is 6.92 Å². The van der Waals surface area contributed by atoms with Gasteiger partial charge in [-0.15, -0.1) is 0 Å². The topological polar surface area (TPSA) is 12.5 Å². The summed E-state index contributed by atoms with van der Waals surface area (Å²) in [5, 5.41) is 0. The van der Waals surface area contributed by atoms with Crippen LogP contribution < -0.4 is 0 Å². The highest BCUT2D eigenvalue weighted by Gasteiger charge is 2.42. The lowest BCUT2D eigenvalue weighted by atomic mass is 9.71. The Bertz CT molecular complexity index is 163. The predicted octanol–water partition coefficient (Wildman–Crippen LogP) is 1.36. The van der Waals surface area contributed by atoms with Gasteiger partial charge >= 0.3 is 0 Å². The van der Waals surface area contributed by atoms with Gasteiger partial charge in [0.1, 0.15) is 0 Å². The Morgan fingerprint density at radius 2 is 2.33 bits per heavy atom. The maximum absolute atomic E-state index is 5.53. The number of likely N-dealkylation sites (tertiary alicyclic amines) is 1. The van der Waals surface area contributed by atoms with E-state index in [9.17, 15) is 0 Å². The van der Waals surface area contributed by atoms with Crippen LogP contribution in [0.3, 0.4) is 0 Å². The molecule has 2 heterocycles. The molecule has 70 valence electrons. The molecule has 0 radical (unpaired) electrons. The lowest BCUT2D eigenvalue weighted by Gasteiger charge is -2.42. The largest absolute Gasteiger partial charge is 0.381 e. The summed E-state index contributed by atoms with van der Waals surface area (Å²) in [6, 6.07) is 0. The lowest BCUT2D eigenvalue weighted by Crippen LogP contribution is -2.46. The van der Waals surface area contributed by atoms with Gasteiger partial charge < -0.3 is 9.64 Å². The Kier molecular flexibility index (Phi) is 2.13. The van der Waals surface area contributed by atoms with Crippen molar-refractivity contribution in [1.29, 1.82) is 0 Å². The van der Waals surface area contributed by atoms with Crippen molar-refractivity contribution in [3.63, 3.8) is 0 Å². The van der Waals surface area contributed by atoms with E-state index in [1.807, 2.05) is 0 Å². The van der Waals surface area contributed by atoms with E-state index in [4.69, 9.17) is 4.74 Å². The zero-order valence-electron chi connectivity index (χ0n) is 8.18. The van der Waals surface area contributed by atoms with Crippen LogP contribution in [0.4, 0.5) is 0 Å². The molecular weight excluding hydrogens is 150 g/mol. The van der Waals surface area contributed by atoms with Gasteiger partial charge in [-0.25, -0.2) is 0 Å². The third-order valence-corrected chi connectivity index (χ3v) is 3.71. The summed E-state index contributed by atoms with van der Waals surface area (Å²) in [5.41, 5.74) is 0.507. The zero-order chi connectivity index (χ0) is 8.60. The highest BCUT2D eigenvalue weighted by molar-refractivity contribution is 4.93. The van der Waals surface area contributed by atoms with Gasteiger partial charge in [0.25, 0.3) is 0 Å². The summed E-state index contributed by atoms with van der Waals surface area (Å²) in [4.78, 5) is 2.45. The van der Waals surface area contributed by atoms with Gasteiger partial charge in [-0.3, -0.25) is 0 Å². The van der Waals surface area contributed by atoms with Crippen LogP contribution in [0.2, 0.25) is 0 Å². The van der Waals surface area contributed by atoms with Crippen LogP contribution in [0, 0.1) is 11.3 Å². The summed E-state index contributed by atoms with van der Waals surface area (Å²) in [7, 11) is 2.23. The fourth-order valence-corrected chi connectivity index (χ4v) is 2.63. The molecule has 2 aliphatic heterocycles. The normalized spacial score (nSPS) is 44.0. The number of nitrogens with zero attached hydrogens (tertiary/aromatic N) is 1. The van der Waals surface area contributed by atoms with Crippen LogP contribution in [-0.4, -0.2) is 38.3 Å². The molecule has 0 saturated carbocycles. The summed E-state index contributed by atoms with van der Waals surface area (Å²) < 4.78 is 5.53. The molecule has 0 aromatic heterocycles. The van der Waals surface area contributed by atoms with Crippen LogP contribution in [-0.2, 0) is 4.74 Å². The SMILES string of the molecule is C[C@@H]1CCN(C)C[C@@]12CCOC2. The van der Waals surface area contributed by atoms with Gasteiger partial charge in [0.05, 0.1) is 6.61 Å². The minimum atomic E-state index is 0.507. The number of rotatable bonds is 0. The standard InChI is InChI=1S/C10H19NO/c1-9-3-5-11(2)7-10(9)4-6-12-8-10/h9H,3-8H2,1-2H3/t9-,10-/m1/s1. The van der Waals surface area contributed by atoms with E-state index < -0.39 is 0 Å². The first-order valence-electron chi connectivity index (χ1n) is 4.99. The average molecular weight is 169 g/mol. The van der Waals surface area contributed by atoms with E-state index in [2.05, 4.69) is 18.9 Å². The van der Waals surface area contributed by atoms with E-state index in [-0.39, 0.29) is 0 Å². The van der Waals surface area contributed by atoms with Crippen LogP contribution >= 0.6 is 0 Å². The molecule has 2 heteroatoms. The van der Waals surface area contributed by atoms with Crippen molar-refractivity contribution < 1.29 is 4.74 Å². The molecule has 2 saturated heterocycles. The van der Waals surface area contributed by atoms with Crippen molar-refractivity contribution in [2.75, 3.05) is 33.4 Å². The van der Waals surface area contributed by atoms with Gasteiger partial charge in [0.2, 0.25) is 0 Å². The molecule has 2 nitrogen and oxygen atoms in total. The Labute approximate surface area is 74.9 Å². The first-order chi connectivity index (χ1) is 5.73. The molecule has 2 fully saturated rings. The third-order valence-electron chi connectivity index (χ3n) is 3.71. The lowest BCUT2D eigenvalue weighted by molar-refractivity contribution is 0.0358. The Morgan fingerprint density at radius 3 is 3.00 bits per heavy atom. The van der Waals surface area contributed by atoms with Gasteiger partial charge in [0.15, 0.2) is 0 Å². The monoisotopic (exact) mass is 169 g/mol. The third kappa shape index (κ3) is 1.27. The van der Waals surface area contributed by atoms with Crippen molar-refractivity contribution in [1.82, 2.24) is 4.90 Å². The molecule has 0 aromatic rings. The molecule has 12 heavy (non-hydrogen) atoms. The molecule has 0 aliphatic carbocycles.